The number of fused-ring (bicyclic) bond motifs is 1. The quantitative estimate of drug-likeness (QED) is 0.625. The zero-order valence-electron chi connectivity index (χ0n) is 13.9. The Labute approximate surface area is 156 Å². The summed E-state index contributed by atoms with van der Waals surface area (Å²) in [6, 6.07) is 10.8. The summed E-state index contributed by atoms with van der Waals surface area (Å²) in [5, 5.41) is 2.72. The molecule has 27 heavy (non-hydrogen) atoms. The van der Waals surface area contributed by atoms with E-state index in [1.54, 1.807) is 0 Å². The van der Waals surface area contributed by atoms with Crippen LogP contribution in [-0.2, 0) is 25.7 Å². The van der Waals surface area contributed by atoms with E-state index in [0.717, 1.165) is 22.3 Å². The highest BCUT2D eigenvalue weighted by Gasteiger charge is 2.14. The number of nitrogens with zero attached hydrogens (tertiary/aromatic N) is 1. The van der Waals surface area contributed by atoms with Gasteiger partial charge < -0.3 is 14.8 Å². The Kier molecular flexibility index (Phi) is 6.05. The summed E-state index contributed by atoms with van der Waals surface area (Å²) >= 11 is 1.45. The highest BCUT2D eigenvalue weighted by atomic mass is 32.1. The summed E-state index contributed by atoms with van der Waals surface area (Å²) < 4.78 is 37.8. The van der Waals surface area contributed by atoms with Crippen molar-refractivity contribution in [3.05, 3.63) is 59.1 Å². The summed E-state index contributed by atoms with van der Waals surface area (Å²) in [7, 11) is 0. The van der Waals surface area contributed by atoms with Crippen LogP contribution in [0, 0.1) is 11.6 Å². The number of ether oxygens (including phenoxy) is 2. The molecule has 0 aliphatic carbocycles. The highest BCUT2D eigenvalue weighted by Crippen LogP contribution is 2.22. The lowest BCUT2D eigenvalue weighted by Crippen LogP contribution is -2.23. The van der Waals surface area contributed by atoms with Gasteiger partial charge in [0.05, 0.1) is 16.8 Å². The fourth-order valence-electron chi connectivity index (χ4n) is 2.18. The molecule has 9 heteroatoms. The zero-order chi connectivity index (χ0) is 19.2. The number of esters is 1. The smallest absolute Gasteiger partial charge is 0.332 e. The Bertz CT molecular complexity index is 924. The number of amides is 1. The summed E-state index contributed by atoms with van der Waals surface area (Å²) in [6.45, 7) is -0.935. The van der Waals surface area contributed by atoms with Crippen LogP contribution in [0.25, 0.3) is 10.2 Å². The number of benzene rings is 2. The van der Waals surface area contributed by atoms with Gasteiger partial charge in [-0.3, -0.25) is 4.79 Å². The molecule has 0 saturated heterocycles. The van der Waals surface area contributed by atoms with Gasteiger partial charge in [-0.15, -0.1) is 11.3 Å². The lowest BCUT2D eigenvalue weighted by atomic mass is 10.3. The first-order chi connectivity index (χ1) is 13.0. The number of anilines is 1. The van der Waals surface area contributed by atoms with Crippen LogP contribution < -0.4 is 5.32 Å². The molecule has 2 aromatic carbocycles. The molecule has 0 unspecified atom stereocenters. The average Bonchev–Trinajstić information content (AvgIpc) is 3.06. The Morgan fingerprint density at radius 2 is 1.78 bits per heavy atom. The van der Waals surface area contributed by atoms with Crippen LogP contribution in [0.2, 0.25) is 0 Å². The number of aromatic nitrogens is 1. The largest absolute Gasteiger partial charge is 0.454 e. The molecule has 0 spiro atoms. The van der Waals surface area contributed by atoms with Gasteiger partial charge in [0.2, 0.25) is 0 Å². The van der Waals surface area contributed by atoms with Crippen LogP contribution in [0.3, 0.4) is 0 Å². The lowest BCUT2D eigenvalue weighted by Gasteiger charge is -2.08. The predicted octanol–water partition coefficient (Wildman–Crippen LogP) is 3.27. The maximum Gasteiger partial charge on any atom is 0.332 e. The number of thiazole rings is 1. The van der Waals surface area contributed by atoms with Crippen molar-refractivity contribution in [3.63, 3.8) is 0 Å². The SMILES string of the molecule is O=C(COC(=O)COCc1nc2ccccc2s1)Nc1c(F)cccc1F. The van der Waals surface area contributed by atoms with Crippen LogP contribution in [0.5, 0.6) is 0 Å². The van der Waals surface area contributed by atoms with E-state index in [2.05, 4.69) is 4.98 Å². The van der Waals surface area contributed by atoms with E-state index >= 15 is 0 Å². The normalized spacial score (nSPS) is 10.7. The molecule has 0 saturated carbocycles. The number of hydrogen-bond acceptors (Lipinski definition) is 6. The van der Waals surface area contributed by atoms with Crippen molar-refractivity contribution in [1.29, 1.82) is 0 Å². The van der Waals surface area contributed by atoms with Crippen LogP contribution in [0.4, 0.5) is 14.5 Å². The van der Waals surface area contributed by atoms with Crippen molar-refractivity contribution < 1.29 is 27.8 Å². The number of para-hydroxylation sites is 2. The second kappa shape index (κ2) is 8.65. The molecule has 0 bridgehead atoms. The molecule has 0 radical (unpaired) electrons. The van der Waals surface area contributed by atoms with Crippen molar-refractivity contribution in [2.45, 2.75) is 6.61 Å². The van der Waals surface area contributed by atoms with Gasteiger partial charge in [0.15, 0.2) is 6.61 Å². The first-order valence-electron chi connectivity index (χ1n) is 7.84. The van der Waals surface area contributed by atoms with Gasteiger partial charge in [-0.25, -0.2) is 18.6 Å². The summed E-state index contributed by atoms with van der Waals surface area (Å²) in [5.41, 5.74) is 0.256. The Hall–Kier alpha value is -2.91. The van der Waals surface area contributed by atoms with Crippen molar-refractivity contribution in [2.75, 3.05) is 18.5 Å². The number of hydrogen-bond donors (Lipinski definition) is 1. The van der Waals surface area contributed by atoms with Gasteiger partial charge >= 0.3 is 5.97 Å². The van der Waals surface area contributed by atoms with Gasteiger partial charge in [0.25, 0.3) is 5.91 Å². The van der Waals surface area contributed by atoms with Crippen molar-refractivity contribution in [2.24, 2.45) is 0 Å². The van der Waals surface area contributed by atoms with Gasteiger partial charge in [0, 0.05) is 0 Å². The molecular weight excluding hydrogens is 378 g/mol. The topological polar surface area (TPSA) is 77.5 Å². The monoisotopic (exact) mass is 392 g/mol. The third-order valence-corrected chi connectivity index (χ3v) is 4.38. The zero-order valence-corrected chi connectivity index (χ0v) is 14.7. The van der Waals surface area contributed by atoms with E-state index < -0.39 is 35.8 Å². The first kappa shape index (κ1) is 18.9. The minimum Gasteiger partial charge on any atom is -0.454 e. The molecule has 0 aliphatic heterocycles. The number of carbonyl (C=O) groups is 2. The van der Waals surface area contributed by atoms with Crippen LogP contribution in [0.15, 0.2) is 42.5 Å². The molecular formula is C18H14F2N2O4S. The summed E-state index contributed by atoms with van der Waals surface area (Å²) in [6.07, 6.45) is 0. The van der Waals surface area contributed by atoms with Gasteiger partial charge in [-0.05, 0) is 24.3 Å². The number of halogens is 2. The first-order valence-corrected chi connectivity index (χ1v) is 8.66. The van der Waals surface area contributed by atoms with Crippen molar-refractivity contribution in [3.8, 4) is 0 Å². The van der Waals surface area contributed by atoms with E-state index in [9.17, 15) is 18.4 Å². The third-order valence-electron chi connectivity index (χ3n) is 3.38. The predicted molar refractivity (Wildman–Crippen MR) is 95.2 cm³/mol. The Morgan fingerprint density at radius 3 is 2.52 bits per heavy atom. The summed E-state index contributed by atoms with van der Waals surface area (Å²) in [4.78, 5) is 27.6. The highest BCUT2D eigenvalue weighted by molar-refractivity contribution is 7.18. The molecule has 6 nitrogen and oxygen atoms in total. The molecule has 140 valence electrons. The second-order valence-corrected chi connectivity index (χ2v) is 6.49. The Morgan fingerprint density at radius 1 is 1.04 bits per heavy atom. The molecule has 3 aromatic rings. The van der Waals surface area contributed by atoms with E-state index in [1.165, 1.54) is 17.4 Å². The summed E-state index contributed by atoms with van der Waals surface area (Å²) in [5.74, 6) is -3.48. The van der Waals surface area contributed by atoms with Crippen molar-refractivity contribution >= 4 is 39.1 Å². The van der Waals surface area contributed by atoms with E-state index in [4.69, 9.17) is 9.47 Å². The van der Waals surface area contributed by atoms with Gasteiger partial charge in [0.1, 0.15) is 28.9 Å². The molecule has 1 heterocycles. The molecule has 1 N–H and O–H groups in total. The number of carbonyl (C=O) groups excluding carboxylic acids is 2. The van der Waals surface area contributed by atoms with Crippen LogP contribution in [-0.4, -0.2) is 30.1 Å². The molecule has 1 amide bonds. The minimum absolute atomic E-state index is 0.126. The second-order valence-electron chi connectivity index (χ2n) is 5.37. The van der Waals surface area contributed by atoms with E-state index in [-0.39, 0.29) is 13.2 Å². The lowest BCUT2D eigenvalue weighted by molar-refractivity contribution is -0.152. The fraction of sp³-hybridized carbons (Fsp3) is 0.167. The van der Waals surface area contributed by atoms with Crippen LogP contribution >= 0.6 is 11.3 Å². The molecule has 0 atom stereocenters. The van der Waals surface area contributed by atoms with Crippen molar-refractivity contribution in [1.82, 2.24) is 4.98 Å². The fourth-order valence-corrected chi connectivity index (χ4v) is 3.09. The van der Waals surface area contributed by atoms with Crippen LogP contribution in [0.1, 0.15) is 5.01 Å². The van der Waals surface area contributed by atoms with E-state index in [0.29, 0.717) is 5.01 Å². The van der Waals surface area contributed by atoms with Gasteiger partial charge in [-0.1, -0.05) is 18.2 Å². The third kappa shape index (κ3) is 5.05. The Balaban J connectivity index is 1.41. The number of nitrogens with one attached hydrogen (secondary N) is 1. The molecule has 3 rings (SSSR count). The average molecular weight is 392 g/mol. The molecule has 0 aliphatic rings. The minimum atomic E-state index is -0.922. The standard InChI is InChI=1S/C18H14F2N2O4S/c19-11-4-3-5-12(20)18(11)22-15(23)8-26-17(24)10-25-9-16-21-13-6-1-2-7-14(13)27-16/h1-7H,8-10H2,(H,22,23). The molecule has 1 aromatic heterocycles. The number of rotatable bonds is 7. The maximum atomic E-state index is 13.4. The maximum absolute atomic E-state index is 13.4. The molecule has 0 fully saturated rings. The van der Waals surface area contributed by atoms with Gasteiger partial charge in [-0.2, -0.15) is 0 Å². The van der Waals surface area contributed by atoms with E-state index in [1.807, 2.05) is 29.6 Å².